The first kappa shape index (κ1) is 22.0. The van der Waals surface area contributed by atoms with Gasteiger partial charge in [0, 0.05) is 5.92 Å². The Morgan fingerprint density at radius 1 is 0.935 bits per heavy atom. The zero-order valence-electron chi connectivity index (χ0n) is 17.6. The maximum absolute atomic E-state index is 12.7. The van der Waals surface area contributed by atoms with Crippen molar-refractivity contribution in [3.8, 4) is 0 Å². The number of methoxy groups -OCH3 is 4. The summed E-state index contributed by atoms with van der Waals surface area (Å²) in [6, 6.07) is 5.79. The van der Waals surface area contributed by atoms with Gasteiger partial charge >= 0.3 is 24.4 Å². The molecule has 1 saturated carbocycles. The molecular weight excluding hydrogens is 412 g/mol. The number of carbonyl (C=O) groups is 4. The molecular formula is C19H24N4O8. The second kappa shape index (κ2) is 8.98. The van der Waals surface area contributed by atoms with Gasteiger partial charge in [-0.25, -0.2) is 34.6 Å². The molecule has 1 aliphatic carbocycles. The minimum atomic E-state index is -0.848. The van der Waals surface area contributed by atoms with Crippen LogP contribution in [0.1, 0.15) is 24.3 Å². The van der Waals surface area contributed by atoms with Crippen molar-refractivity contribution in [2.75, 3.05) is 33.4 Å². The SMILES string of the molecule is COC(=O)NN(C(=O)OC)C1CCC2C1c1ccccc1N(C(=O)OC)N2C(=O)OC. The molecule has 3 unspecified atom stereocenters. The van der Waals surface area contributed by atoms with Crippen LogP contribution in [0, 0.1) is 0 Å². The molecule has 3 atom stereocenters. The van der Waals surface area contributed by atoms with Gasteiger partial charge in [-0.2, -0.15) is 5.01 Å². The van der Waals surface area contributed by atoms with E-state index in [4.69, 9.17) is 14.2 Å². The van der Waals surface area contributed by atoms with Crippen LogP contribution in [0.5, 0.6) is 0 Å². The predicted octanol–water partition coefficient (Wildman–Crippen LogP) is 2.21. The van der Waals surface area contributed by atoms with Gasteiger partial charge in [-0.1, -0.05) is 18.2 Å². The summed E-state index contributed by atoms with van der Waals surface area (Å²) in [5, 5.41) is 3.36. The first-order valence-electron chi connectivity index (χ1n) is 9.45. The Labute approximate surface area is 178 Å². The summed E-state index contributed by atoms with van der Waals surface area (Å²) in [4.78, 5) is 49.6. The number of carbonyl (C=O) groups excluding carboxylic acids is 4. The molecule has 4 amide bonds. The molecule has 3 rings (SSSR count). The number of nitrogens with one attached hydrogen (secondary N) is 1. The van der Waals surface area contributed by atoms with Crippen molar-refractivity contribution in [3.63, 3.8) is 0 Å². The van der Waals surface area contributed by atoms with Gasteiger partial charge in [0.05, 0.1) is 46.2 Å². The van der Waals surface area contributed by atoms with E-state index >= 15 is 0 Å². The van der Waals surface area contributed by atoms with Crippen molar-refractivity contribution >= 4 is 30.1 Å². The lowest BCUT2D eigenvalue weighted by molar-refractivity contribution is 0.0541. The highest BCUT2D eigenvalue weighted by molar-refractivity contribution is 5.93. The van der Waals surface area contributed by atoms with Crippen molar-refractivity contribution in [1.82, 2.24) is 15.4 Å². The van der Waals surface area contributed by atoms with E-state index < -0.39 is 42.4 Å². The van der Waals surface area contributed by atoms with Crippen LogP contribution < -0.4 is 10.4 Å². The van der Waals surface area contributed by atoms with Gasteiger partial charge in [0.25, 0.3) is 0 Å². The Morgan fingerprint density at radius 2 is 1.61 bits per heavy atom. The van der Waals surface area contributed by atoms with Crippen LogP contribution in [-0.4, -0.2) is 74.9 Å². The van der Waals surface area contributed by atoms with Crippen molar-refractivity contribution < 1.29 is 38.1 Å². The number of anilines is 1. The smallest absolute Gasteiger partial charge is 0.433 e. The van der Waals surface area contributed by atoms with Gasteiger partial charge < -0.3 is 18.9 Å². The average molecular weight is 436 g/mol. The molecule has 0 radical (unpaired) electrons. The third-order valence-corrected chi connectivity index (χ3v) is 5.45. The van der Waals surface area contributed by atoms with E-state index in [1.807, 2.05) is 0 Å². The Morgan fingerprint density at radius 3 is 2.23 bits per heavy atom. The molecule has 1 aliphatic heterocycles. The van der Waals surface area contributed by atoms with Crippen molar-refractivity contribution in [3.05, 3.63) is 29.8 Å². The zero-order valence-corrected chi connectivity index (χ0v) is 17.6. The summed E-state index contributed by atoms with van der Waals surface area (Å²) >= 11 is 0. The van der Waals surface area contributed by atoms with Crippen LogP contribution in [0.2, 0.25) is 0 Å². The molecule has 168 valence electrons. The number of fused-ring (bicyclic) bond motifs is 3. The first-order valence-corrected chi connectivity index (χ1v) is 9.45. The molecule has 0 saturated heterocycles. The predicted molar refractivity (Wildman–Crippen MR) is 105 cm³/mol. The van der Waals surface area contributed by atoms with E-state index in [1.54, 1.807) is 24.3 Å². The summed E-state index contributed by atoms with van der Waals surface area (Å²) in [5.74, 6) is -0.465. The second-order valence-electron chi connectivity index (χ2n) is 6.84. The largest absolute Gasteiger partial charge is 0.452 e. The monoisotopic (exact) mass is 436 g/mol. The van der Waals surface area contributed by atoms with Crippen molar-refractivity contribution in [2.24, 2.45) is 0 Å². The number of amides is 4. The van der Waals surface area contributed by atoms with E-state index in [1.165, 1.54) is 33.4 Å². The van der Waals surface area contributed by atoms with E-state index in [0.29, 0.717) is 24.1 Å². The van der Waals surface area contributed by atoms with Gasteiger partial charge in [-0.3, -0.25) is 0 Å². The quantitative estimate of drug-likeness (QED) is 0.524. The van der Waals surface area contributed by atoms with Crippen LogP contribution in [0.4, 0.5) is 24.9 Å². The lowest BCUT2D eigenvalue weighted by atomic mass is 9.87. The fourth-order valence-electron chi connectivity index (χ4n) is 4.25. The maximum atomic E-state index is 12.7. The molecule has 0 spiro atoms. The number of rotatable bonds is 1. The molecule has 1 fully saturated rings. The third-order valence-electron chi connectivity index (χ3n) is 5.45. The molecule has 0 aromatic heterocycles. The molecule has 2 aliphatic rings. The van der Waals surface area contributed by atoms with Crippen LogP contribution in [0.3, 0.4) is 0 Å². The molecule has 31 heavy (non-hydrogen) atoms. The molecule has 0 bridgehead atoms. The lowest BCUT2D eigenvalue weighted by Gasteiger charge is -2.46. The second-order valence-corrected chi connectivity index (χ2v) is 6.84. The summed E-state index contributed by atoms with van der Waals surface area (Å²) in [7, 11) is 4.78. The molecule has 12 nitrogen and oxygen atoms in total. The Hall–Kier alpha value is -3.70. The lowest BCUT2D eigenvalue weighted by Crippen LogP contribution is -2.61. The number of hydrazine groups is 2. The molecule has 1 heterocycles. The number of nitrogens with zero attached hydrogens (tertiary/aromatic N) is 3. The molecule has 1 aromatic rings. The van der Waals surface area contributed by atoms with Gasteiger partial charge in [0.1, 0.15) is 0 Å². The number of hydrogen-bond acceptors (Lipinski definition) is 8. The zero-order chi connectivity index (χ0) is 22.7. The fourth-order valence-corrected chi connectivity index (χ4v) is 4.25. The maximum Gasteiger partial charge on any atom is 0.433 e. The Bertz CT molecular complexity index is 878. The highest BCUT2D eigenvalue weighted by Crippen LogP contribution is 2.48. The van der Waals surface area contributed by atoms with Crippen LogP contribution in [-0.2, 0) is 18.9 Å². The number of para-hydroxylation sites is 1. The van der Waals surface area contributed by atoms with Crippen LogP contribution >= 0.6 is 0 Å². The van der Waals surface area contributed by atoms with E-state index in [-0.39, 0.29) is 0 Å². The highest BCUT2D eigenvalue weighted by atomic mass is 16.6. The van der Waals surface area contributed by atoms with Crippen molar-refractivity contribution in [1.29, 1.82) is 0 Å². The summed E-state index contributed by atoms with van der Waals surface area (Å²) in [5.41, 5.74) is 3.48. The highest BCUT2D eigenvalue weighted by Gasteiger charge is 2.54. The molecule has 1 N–H and O–H groups in total. The van der Waals surface area contributed by atoms with Gasteiger partial charge in [0.2, 0.25) is 0 Å². The topological polar surface area (TPSA) is 127 Å². The molecule has 12 heteroatoms. The van der Waals surface area contributed by atoms with Gasteiger partial charge in [0.15, 0.2) is 0 Å². The number of benzene rings is 1. The Kier molecular flexibility index (Phi) is 6.37. The minimum absolute atomic E-state index is 0.394. The van der Waals surface area contributed by atoms with E-state index in [0.717, 1.165) is 10.0 Å². The van der Waals surface area contributed by atoms with Gasteiger partial charge in [-0.15, -0.1) is 0 Å². The summed E-state index contributed by atoms with van der Waals surface area (Å²) < 4.78 is 19.3. The number of hydrogen-bond donors (Lipinski definition) is 1. The standard InChI is InChI=1S/C19H24N4O8/c1-28-16(24)20-21(17(25)29-2)13-9-10-14-15(13)11-7-5-6-8-12(11)22(18(26)30-3)23(14)19(27)31-4/h5-8,13-15H,9-10H2,1-4H3,(H,20,24). The number of ether oxygens (including phenoxy) is 4. The van der Waals surface area contributed by atoms with E-state index in [2.05, 4.69) is 10.2 Å². The van der Waals surface area contributed by atoms with E-state index in [9.17, 15) is 19.2 Å². The van der Waals surface area contributed by atoms with Crippen LogP contribution in [0.15, 0.2) is 24.3 Å². The van der Waals surface area contributed by atoms with Crippen LogP contribution in [0.25, 0.3) is 0 Å². The summed E-state index contributed by atoms with van der Waals surface area (Å²) in [6.07, 6.45) is -2.38. The average Bonchev–Trinajstić information content (AvgIpc) is 3.24. The van der Waals surface area contributed by atoms with Crippen molar-refractivity contribution in [2.45, 2.75) is 30.8 Å². The minimum Gasteiger partial charge on any atom is -0.452 e. The Balaban J connectivity index is 2.13. The first-order chi connectivity index (χ1) is 14.9. The third kappa shape index (κ3) is 3.76. The normalized spacial score (nSPS) is 21.4. The summed E-state index contributed by atoms with van der Waals surface area (Å²) in [6.45, 7) is 0. The van der Waals surface area contributed by atoms with Gasteiger partial charge in [-0.05, 0) is 24.5 Å². The molecule has 1 aromatic carbocycles. The fraction of sp³-hybridized carbons (Fsp3) is 0.474.